The molecule has 2 amide bonds. The number of nitrogens with zero attached hydrogens (tertiary/aromatic N) is 1. The first-order valence-corrected chi connectivity index (χ1v) is 9.17. The largest absolute Gasteiger partial charge is 0.371 e. The van der Waals surface area contributed by atoms with Crippen LogP contribution >= 0.6 is 0 Å². The van der Waals surface area contributed by atoms with E-state index in [0.717, 1.165) is 35.6 Å². The SMILES string of the molecule is Cc1cc(NC(=O)C[C@@H]2C(=O)Nc3ccccc32)ccc1N1CCCC1. The van der Waals surface area contributed by atoms with Crippen LogP contribution in [0.5, 0.6) is 0 Å². The minimum absolute atomic E-state index is 0.109. The summed E-state index contributed by atoms with van der Waals surface area (Å²) in [6.07, 6.45) is 2.63. The molecule has 0 spiro atoms. The molecule has 0 aliphatic carbocycles. The van der Waals surface area contributed by atoms with Gasteiger partial charge in [0.15, 0.2) is 0 Å². The Bertz CT molecular complexity index is 856. The number of nitrogens with one attached hydrogen (secondary N) is 2. The third kappa shape index (κ3) is 3.17. The summed E-state index contributed by atoms with van der Waals surface area (Å²) in [5, 5.41) is 5.78. The van der Waals surface area contributed by atoms with Crippen molar-refractivity contribution < 1.29 is 9.59 Å². The lowest BCUT2D eigenvalue weighted by Gasteiger charge is -2.21. The number of anilines is 3. The minimum atomic E-state index is -0.420. The summed E-state index contributed by atoms with van der Waals surface area (Å²) in [6, 6.07) is 13.6. The van der Waals surface area contributed by atoms with Crippen LogP contribution in [0.1, 0.15) is 36.3 Å². The van der Waals surface area contributed by atoms with Crippen LogP contribution < -0.4 is 15.5 Å². The fourth-order valence-corrected chi connectivity index (χ4v) is 3.92. The molecule has 0 unspecified atom stereocenters. The molecule has 2 aromatic carbocycles. The predicted octanol–water partition coefficient (Wildman–Crippen LogP) is 3.66. The Morgan fingerprint density at radius 3 is 2.73 bits per heavy atom. The molecule has 26 heavy (non-hydrogen) atoms. The van der Waals surface area contributed by atoms with Crippen molar-refractivity contribution in [1.82, 2.24) is 0 Å². The summed E-state index contributed by atoms with van der Waals surface area (Å²) < 4.78 is 0. The molecule has 2 aromatic rings. The zero-order valence-corrected chi connectivity index (χ0v) is 14.9. The Morgan fingerprint density at radius 1 is 1.19 bits per heavy atom. The van der Waals surface area contributed by atoms with Crippen molar-refractivity contribution in [3.63, 3.8) is 0 Å². The number of para-hydroxylation sites is 1. The third-order valence-electron chi connectivity index (χ3n) is 5.23. The van der Waals surface area contributed by atoms with Gasteiger partial charge in [-0.1, -0.05) is 18.2 Å². The second-order valence-electron chi connectivity index (χ2n) is 7.08. The molecule has 0 bridgehead atoms. The molecule has 1 fully saturated rings. The molecule has 5 heteroatoms. The van der Waals surface area contributed by atoms with Gasteiger partial charge in [0.05, 0.1) is 5.92 Å². The zero-order chi connectivity index (χ0) is 18.1. The number of benzene rings is 2. The quantitative estimate of drug-likeness (QED) is 0.885. The van der Waals surface area contributed by atoms with Gasteiger partial charge in [-0.05, 0) is 55.2 Å². The van der Waals surface area contributed by atoms with Crippen LogP contribution in [0, 0.1) is 6.92 Å². The van der Waals surface area contributed by atoms with Crippen molar-refractivity contribution in [3.8, 4) is 0 Å². The van der Waals surface area contributed by atoms with Gasteiger partial charge in [0.25, 0.3) is 0 Å². The fraction of sp³-hybridized carbons (Fsp3) is 0.333. The van der Waals surface area contributed by atoms with E-state index in [1.807, 2.05) is 36.4 Å². The van der Waals surface area contributed by atoms with Gasteiger partial charge in [0.2, 0.25) is 11.8 Å². The Balaban J connectivity index is 1.44. The van der Waals surface area contributed by atoms with Crippen LogP contribution in [0.3, 0.4) is 0 Å². The zero-order valence-electron chi connectivity index (χ0n) is 14.9. The average molecular weight is 349 g/mol. The first-order chi connectivity index (χ1) is 12.6. The van der Waals surface area contributed by atoms with Gasteiger partial charge in [-0.15, -0.1) is 0 Å². The summed E-state index contributed by atoms with van der Waals surface area (Å²) in [4.78, 5) is 27.0. The average Bonchev–Trinajstić information content (AvgIpc) is 3.24. The number of amides is 2. The summed E-state index contributed by atoms with van der Waals surface area (Å²) in [6.45, 7) is 4.27. The lowest BCUT2D eigenvalue weighted by atomic mass is 9.97. The van der Waals surface area contributed by atoms with E-state index in [9.17, 15) is 9.59 Å². The van der Waals surface area contributed by atoms with Gasteiger partial charge in [-0.3, -0.25) is 9.59 Å². The monoisotopic (exact) mass is 349 g/mol. The van der Waals surface area contributed by atoms with E-state index in [1.165, 1.54) is 18.5 Å². The Labute approximate surface area is 153 Å². The van der Waals surface area contributed by atoms with Crippen molar-refractivity contribution in [2.45, 2.75) is 32.1 Å². The highest BCUT2D eigenvalue weighted by Gasteiger charge is 2.31. The standard InChI is InChI=1S/C21H23N3O2/c1-14-12-15(8-9-19(14)24-10-4-5-11-24)22-20(25)13-17-16-6-2-3-7-18(16)23-21(17)26/h2-3,6-9,12,17H,4-5,10-11,13H2,1H3,(H,22,25)(H,23,26)/t17-/m0/s1. The van der Waals surface area contributed by atoms with Crippen LogP contribution in [0.4, 0.5) is 17.1 Å². The van der Waals surface area contributed by atoms with E-state index >= 15 is 0 Å². The van der Waals surface area contributed by atoms with Crippen LogP contribution in [0.25, 0.3) is 0 Å². The van der Waals surface area contributed by atoms with E-state index in [2.05, 4.69) is 28.5 Å². The molecule has 1 atom stereocenters. The highest BCUT2D eigenvalue weighted by Crippen LogP contribution is 2.34. The van der Waals surface area contributed by atoms with E-state index in [0.29, 0.717) is 0 Å². The number of fused-ring (bicyclic) bond motifs is 1. The van der Waals surface area contributed by atoms with Crippen LogP contribution in [0.2, 0.25) is 0 Å². The van der Waals surface area contributed by atoms with Gasteiger partial charge in [-0.25, -0.2) is 0 Å². The van der Waals surface area contributed by atoms with Gasteiger partial charge < -0.3 is 15.5 Å². The molecule has 0 aromatic heterocycles. The third-order valence-corrected chi connectivity index (χ3v) is 5.23. The summed E-state index contributed by atoms with van der Waals surface area (Å²) in [5.74, 6) is -0.673. The predicted molar refractivity (Wildman–Crippen MR) is 104 cm³/mol. The minimum Gasteiger partial charge on any atom is -0.371 e. The second kappa shape index (κ2) is 6.83. The first-order valence-electron chi connectivity index (χ1n) is 9.17. The topological polar surface area (TPSA) is 61.4 Å². The van der Waals surface area contributed by atoms with E-state index in [1.54, 1.807) is 0 Å². The number of carbonyl (C=O) groups is 2. The molecular weight excluding hydrogens is 326 g/mol. The normalized spacial score (nSPS) is 18.6. The molecule has 1 saturated heterocycles. The maximum absolute atomic E-state index is 12.5. The summed E-state index contributed by atoms with van der Waals surface area (Å²) >= 11 is 0. The maximum Gasteiger partial charge on any atom is 0.232 e. The van der Waals surface area contributed by atoms with Crippen LogP contribution in [-0.4, -0.2) is 24.9 Å². The number of hydrogen-bond acceptors (Lipinski definition) is 3. The molecule has 2 N–H and O–H groups in total. The number of aryl methyl sites for hydroxylation is 1. The molecule has 0 saturated carbocycles. The molecule has 4 rings (SSSR count). The Morgan fingerprint density at radius 2 is 1.96 bits per heavy atom. The van der Waals surface area contributed by atoms with Crippen LogP contribution in [-0.2, 0) is 9.59 Å². The van der Waals surface area contributed by atoms with Gasteiger partial charge >= 0.3 is 0 Å². The lowest BCUT2D eigenvalue weighted by molar-refractivity contribution is -0.122. The second-order valence-corrected chi connectivity index (χ2v) is 7.08. The van der Waals surface area contributed by atoms with Crippen LogP contribution in [0.15, 0.2) is 42.5 Å². The number of rotatable bonds is 4. The fourth-order valence-electron chi connectivity index (χ4n) is 3.92. The van der Waals surface area contributed by atoms with E-state index in [-0.39, 0.29) is 18.2 Å². The summed E-state index contributed by atoms with van der Waals surface area (Å²) in [7, 11) is 0. The highest BCUT2D eigenvalue weighted by molar-refractivity contribution is 6.06. The Kier molecular flexibility index (Phi) is 4.37. The van der Waals surface area contributed by atoms with Crippen molar-refractivity contribution in [2.24, 2.45) is 0 Å². The Hall–Kier alpha value is -2.82. The van der Waals surface area contributed by atoms with Crippen molar-refractivity contribution in [2.75, 3.05) is 28.6 Å². The van der Waals surface area contributed by atoms with E-state index in [4.69, 9.17) is 0 Å². The summed E-state index contributed by atoms with van der Waals surface area (Å²) in [5.41, 5.74) is 4.88. The molecule has 2 aliphatic heterocycles. The number of hydrogen-bond donors (Lipinski definition) is 2. The van der Waals surface area contributed by atoms with Gasteiger partial charge in [0, 0.05) is 36.6 Å². The van der Waals surface area contributed by atoms with Gasteiger partial charge in [0.1, 0.15) is 0 Å². The smallest absolute Gasteiger partial charge is 0.232 e. The van der Waals surface area contributed by atoms with Crippen molar-refractivity contribution in [1.29, 1.82) is 0 Å². The van der Waals surface area contributed by atoms with E-state index < -0.39 is 5.92 Å². The highest BCUT2D eigenvalue weighted by atomic mass is 16.2. The van der Waals surface area contributed by atoms with Gasteiger partial charge in [-0.2, -0.15) is 0 Å². The van der Waals surface area contributed by atoms with Crippen molar-refractivity contribution in [3.05, 3.63) is 53.6 Å². The molecule has 0 radical (unpaired) electrons. The van der Waals surface area contributed by atoms with Crippen molar-refractivity contribution >= 4 is 28.9 Å². The molecular formula is C21H23N3O2. The molecule has 134 valence electrons. The lowest BCUT2D eigenvalue weighted by Crippen LogP contribution is -2.21. The molecule has 2 aliphatic rings. The molecule has 2 heterocycles. The number of carbonyl (C=O) groups excluding carboxylic acids is 2. The molecule has 5 nitrogen and oxygen atoms in total. The first kappa shape index (κ1) is 16.6. The maximum atomic E-state index is 12.5.